The molecule has 7 nitrogen and oxygen atoms in total. The van der Waals surface area contributed by atoms with E-state index in [0.717, 1.165) is 21.2 Å². The standard InChI is InChI=1S/C18H16BrN3O4S2/c1-7-2-3-8-4-5-27-14(8)10(7)11(20)15(23)21-12-16(24)22-13(18(25)26)9(19)6-28-17(12)22/h2-5,11-12,17H,6,20H2,1H3,(H,21,23)(H,25,26)/t11?,12-,17+/m1/s1. The summed E-state index contributed by atoms with van der Waals surface area (Å²) in [6.45, 7) is 1.90. The second-order valence-electron chi connectivity index (χ2n) is 6.57. The van der Waals surface area contributed by atoms with Crippen LogP contribution in [0.25, 0.3) is 10.1 Å². The number of carbonyl (C=O) groups excluding carboxylic acids is 2. The number of hydrogen-bond acceptors (Lipinski definition) is 6. The molecule has 0 aliphatic carbocycles. The molecule has 0 spiro atoms. The van der Waals surface area contributed by atoms with Gasteiger partial charge >= 0.3 is 5.97 Å². The number of nitrogens with two attached hydrogens (primary N) is 1. The molecule has 28 heavy (non-hydrogen) atoms. The Balaban J connectivity index is 1.55. The van der Waals surface area contributed by atoms with E-state index < -0.39 is 35.2 Å². The first-order chi connectivity index (χ1) is 13.3. The number of thiophene rings is 1. The van der Waals surface area contributed by atoms with Crippen LogP contribution in [0.4, 0.5) is 0 Å². The molecule has 4 rings (SSSR count). The molecule has 0 radical (unpaired) electrons. The summed E-state index contributed by atoms with van der Waals surface area (Å²) in [5, 5.41) is 14.6. The number of rotatable bonds is 4. The lowest BCUT2D eigenvalue weighted by Gasteiger charge is -2.49. The molecule has 3 atom stereocenters. The number of aliphatic carboxylic acids is 1. The van der Waals surface area contributed by atoms with Gasteiger partial charge in [0.2, 0.25) is 5.91 Å². The first-order valence-electron chi connectivity index (χ1n) is 8.40. The van der Waals surface area contributed by atoms with E-state index in [0.29, 0.717) is 10.2 Å². The minimum absolute atomic E-state index is 0.0669. The van der Waals surface area contributed by atoms with Crippen LogP contribution >= 0.6 is 39.0 Å². The van der Waals surface area contributed by atoms with E-state index in [4.69, 9.17) is 5.73 Å². The molecule has 1 aromatic carbocycles. The van der Waals surface area contributed by atoms with Crippen LogP contribution in [-0.4, -0.2) is 45.0 Å². The summed E-state index contributed by atoms with van der Waals surface area (Å²) in [6, 6.07) is 4.17. The van der Waals surface area contributed by atoms with Gasteiger partial charge in [0.1, 0.15) is 23.2 Å². The summed E-state index contributed by atoms with van der Waals surface area (Å²) in [6.07, 6.45) is 0. The zero-order valence-corrected chi connectivity index (χ0v) is 17.9. The lowest BCUT2D eigenvalue weighted by atomic mass is 9.98. The van der Waals surface area contributed by atoms with Crippen LogP contribution in [0.1, 0.15) is 17.2 Å². The van der Waals surface area contributed by atoms with Gasteiger partial charge in [-0.2, -0.15) is 0 Å². The molecule has 2 amide bonds. The quantitative estimate of drug-likeness (QED) is 0.577. The van der Waals surface area contributed by atoms with E-state index in [1.165, 1.54) is 28.0 Å². The van der Waals surface area contributed by atoms with E-state index in [-0.39, 0.29) is 5.70 Å². The van der Waals surface area contributed by atoms with Crippen molar-refractivity contribution < 1.29 is 19.5 Å². The average molecular weight is 482 g/mol. The highest BCUT2D eigenvalue weighted by Gasteiger charge is 2.54. The van der Waals surface area contributed by atoms with E-state index in [1.807, 2.05) is 30.5 Å². The Labute approximate surface area is 177 Å². The molecular weight excluding hydrogens is 466 g/mol. The number of carboxylic acid groups (broad SMARTS) is 1. The van der Waals surface area contributed by atoms with Gasteiger partial charge in [0.15, 0.2) is 0 Å². The SMILES string of the molecule is Cc1ccc2ccsc2c1C(N)C(=O)N[C@@H]1C(=O)N2C(C(=O)O)=C(Br)CS[C@@H]12. The third kappa shape index (κ3) is 2.95. The largest absolute Gasteiger partial charge is 0.477 e. The summed E-state index contributed by atoms with van der Waals surface area (Å²) in [7, 11) is 0. The minimum atomic E-state index is -1.17. The van der Waals surface area contributed by atoms with Gasteiger partial charge in [0.05, 0.1) is 0 Å². The van der Waals surface area contributed by atoms with Crippen LogP contribution in [0, 0.1) is 6.92 Å². The number of benzene rings is 1. The maximum Gasteiger partial charge on any atom is 0.353 e. The van der Waals surface area contributed by atoms with Crippen molar-refractivity contribution in [1.29, 1.82) is 0 Å². The zero-order valence-electron chi connectivity index (χ0n) is 14.6. The molecule has 146 valence electrons. The fourth-order valence-corrected chi connectivity index (χ4v) is 6.48. The van der Waals surface area contributed by atoms with E-state index >= 15 is 0 Å². The Morgan fingerprint density at radius 1 is 1.39 bits per heavy atom. The predicted molar refractivity (Wildman–Crippen MR) is 112 cm³/mol. The number of fused-ring (bicyclic) bond motifs is 2. The lowest BCUT2D eigenvalue weighted by molar-refractivity contribution is -0.150. The molecule has 2 aliphatic heterocycles. The molecule has 3 heterocycles. The van der Waals surface area contributed by atoms with Gasteiger partial charge in [0.25, 0.3) is 5.91 Å². The third-order valence-corrected chi connectivity index (χ3v) is 8.16. The zero-order chi connectivity index (χ0) is 20.2. The Hall–Kier alpha value is -1.88. The van der Waals surface area contributed by atoms with Crippen molar-refractivity contribution in [1.82, 2.24) is 10.2 Å². The summed E-state index contributed by atoms with van der Waals surface area (Å²) < 4.78 is 1.41. The molecule has 2 aliphatic rings. The van der Waals surface area contributed by atoms with Crippen LogP contribution in [0.5, 0.6) is 0 Å². The van der Waals surface area contributed by atoms with E-state index in [1.54, 1.807) is 0 Å². The molecule has 2 aromatic rings. The Morgan fingerprint density at radius 3 is 2.86 bits per heavy atom. The van der Waals surface area contributed by atoms with Crippen LogP contribution in [0.3, 0.4) is 0 Å². The van der Waals surface area contributed by atoms with Crippen molar-refractivity contribution in [2.45, 2.75) is 24.4 Å². The van der Waals surface area contributed by atoms with Gasteiger partial charge in [-0.15, -0.1) is 23.1 Å². The molecule has 1 aromatic heterocycles. The molecule has 10 heteroatoms. The van der Waals surface area contributed by atoms with Crippen molar-refractivity contribution in [2.24, 2.45) is 5.73 Å². The fraction of sp³-hybridized carbons (Fsp3) is 0.278. The second kappa shape index (κ2) is 7.18. The summed E-state index contributed by atoms with van der Waals surface area (Å²) >= 11 is 6.13. The number of hydrogen-bond donors (Lipinski definition) is 3. The van der Waals surface area contributed by atoms with Crippen molar-refractivity contribution in [3.8, 4) is 0 Å². The number of nitrogens with one attached hydrogen (secondary N) is 1. The van der Waals surface area contributed by atoms with Crippen molar-refractivity contribution in [3.05, 3.63) is 44.9 Å². The second-order valence-corrected chi connectivity index (χ2v) is 9.55. The van der Waals surface area contributed by atoms with Gasteiger partial charge in [-0.3, -0.25) is 14.5 Å². The number of carbonyl (C=O) groups is 3. The van der Waals surface area contributed by atoms with Crippen LogP contribution in [0.15, 0.2) is 33.8 Å². The Morgan fingerprint density at radius 2 is 2.14 bits per heavy atom. The van der Waals surface area contributed by atoms with Gasteiger partial charge in [-0.1, -0.05) is 28.1 Å². The molecule has 1 fully saturated rings. The van der Waals surface area contributed by atoms with Crippen LogP contribution < -0.4 is 11.1 Å². The van der Waals surface area contributed by atoms with Crippen LogP contribution in [0.2, 0.25) is 0 Å². The number of aryl methyl sites for hydroxylation is 1. The summed E-state index contributed by atoms with van der Waals surface area (Å²) in [5.74, 6) is -1.65. The van der Waals surface area contributed by atoms with E-state index in [2.05, 4.69) is 21.2 Å². The first kappa shape index (κ1) is 19.4. The summed E-state index contributed by atoms with van der Waals surface area (Å²) in [5.41, 5.74) is 7.85. The number of halogens is 1. The number of amides is 2. The highest BCUT2D eigenvalue weighted by Crippen LogP contribution is 2.42. The Kier molecular flexibility index (Phi) is 4.98. The van der Waals surface area contributed by atoms with Gasteiger partial charge in [0, 0.05) is 14.9 Å². The monoisotopic (exact) mass is 481 g/mol. The third-order valence-electron chi connectivity index (χ3n) is 4.89. The van der Waals surface area contributed by atoms with Crippen molar-refractivity contribution in [3.63, 3.8) is 0 Å². The van der Waals surface area contributed by atoms with Crippen LogP contribution in [-0.2, 0) is 14.4 Å². The predicted octanol–water partition coefficient (Wildman–Crippen LogP) is 2.30. The summed E-state index contributed by atoms with van der Waals surface area (Å²) in [4.78, 5) is 38.0. The number of nitrogens with zero attached hydrogens (tertiary/aromatic N) is 1. The minimum Gasteiger partial charge on any atom is -0.477 e. The molecule has 1 unspecified atom stereocenters. The van der Waals surface area contributed by atoms with Gasteiger partial charge in [-0.25, -0.2) is 4.79 Å². The molecular formula is C18H16BrN3O4S2. The number of thioether (sulfide) groups is 1. The first-order valence-corrected chi connectivity index (χ1v) is 11.1. The topological polar surface area (TPSA) is 113 Å². The average Bonchev–Trinajstić information content (AvgIpc) is 3.13. The van der Waals surface area contributed by atoms with Crippen molar-refractivity contribution >= 4 is 66.9 Å². The molecule has 0 saturated carbocycles. The fourth-order valence-electron chi connectivity index (χ4n) is 3.50. The van der Waals surface area contributed by atoms with E-state index in [9.17, 15) is 19.5 Å². The lowest BCUT2D eigenvalue weighted by Crippen LogP contribution is -2.70. The Bertz CT molecular complexity index is 1050. The number of β-lactam (4-membered cyclic amide) rings is 1. The molecule has 0 bridgehead atoms. The highest BCUT2D eigenvalue weighted by molar-refractivity contribution is 9.11. The van der Waals surface area contributed by atoms with Gasteiger partial charge in [-0.05, 0) is 34.9 Å². The molecule has 4 N–H and O–H groups in total. The van der Waals surface area contributed by atoms with Crippen molar-refractivity contribution in [2.75, 3.05) is 5.75 Å². The molecule has 1 saturated heterocycles. The maximum atomic E-state index is 12.8. The normalized spacial score (nSPS) is 22.7. The smallest absolute Gasteiger partial charge is 0.353 e. The van der Waals surface area contributed by atoms with Gasteiger partial charge < -0.3 is 16.2 Å². The number of carboxylic acids is 1. The maximum absolute atomic E-state index is 12.8. The highest BCUT2D eigenvalue weighted by atomic mass is 79.9.